The van der Waals surface area contributed by atoms with Gasteiger partial charge in [-0.2, -0.15) is 0 Å². The van der Waals surface area contributed by atoms with Gasteiger partial charge >= 0.3 is 0 Å². The maximum absolute atomic E-state index is 12.5. The van der Waals surface area contributed by atoms with E-state index < -0.39 is 0 Å². The van der Waals surface area contributed by atoms with E-state index in [-0.39, 0.29) is 17.2 Å². The first-order chi connectivity index (χ1) is 11.1. The van der Waals surface area contributed by atoms with Crippen molar-refractivity contribution in [2.75, 3.05) is 0 Å². The van der Waals surface area contributed by atoms with E-state index in [1.807, 2.05) is 11.5 Å². The number of fused-ring (bicyclic) bond motifs is 2. The van der Waals surface area contributed by atoms with Gasteiger partial charge in [0.1, 0.15) is 6.33 Å². The highest BCUT2D eigenvalue weighted by atomic mass is 32.2. The predicted molar refractivity (Wildman–Crippen MR) is 92.1 cm³/mol. The van der Waals surface area contributed by atoms with Crippen LogP contribution in [0.4, 0.5) is 0 Å². The van der Waals surface area contributed by atoms with Crippen LogP contribution >= 0.6 is 11.8 Å². The molecule has 2 aliphatic carbocycles. The summed E-state index contributed by atoms with van der Waals surface area (Å²) in [6.07, 6.45) is 8.89. The predicted octanol–water partition coefficient (Wildman–Crippen LogP) is 2.89. The van der Waals surface area contributed by atoms with Gasteiger partial charge in [0.2, 0.25) is 5.91 Å². The summed E-state index contributed by atoms with van der Waals surface area (Å²) >= 11 is 1.45. The van der Waals surface area contributed by atoms with E-state index in [0.29, 0.717) is 12.5 Å². The Morgan fingerprint density at radius 2 is 2.35 bits per heavy atom. The SMILES string of the molecule is C=CCn1cnnc1S[C@H](C)C(=O)N[C@H](C)[C@H]1C[C@H]2CC[C@H]1C2. The van der Waals surface area contributed by atoms with Gasteiger partial charge in [-0.1, -0.05) is 24.3 Å². The number of amides is 1. The van der Waals surface area contributed by atoms with Crippen molar-refractivity contribution in [1.29, 1.82) is 0 Å². The molecule has 2 bridgehead atoms. The third-order valence-electron chi connectivity index (χ3n) is 5.36. The molecule has 0 unspecified atom stereocenters. The molecule has 0 aromatic carbocycles. The van der Waals surface area contributed by atoms with Gasteiger partial charge in [0.15, 0.2) is 5.16 Å². The summed E-state index contributed by atoms with van der Waals surface area (Å²) in [5.41, 5.74) is 0. The quantitative estimate of drug-likeness (QED) is 0.615. The molecule has 6 heteroatoms. The number of nitrogens with zero attached hydrogens (tertiary/aromatic N) is 3. The molecule has 5 atom stereocenters. The first kappa shape index (κ1) is 16.6. The van der Waals surface area contributed by atoms with E-state index in [2.05, 4.69) is 29.0 Å². The lowest BCUT2D eigenvalue weighted by molar-refractivity contribution is -0.121. The molecule has 0 saturated heterocycles. The van der Waals surface area contributed by atoms with Gasteiger partial charge in [0, 0.05) is 12.6 Å². The minimum atomic E-state index is -0.177. The van der Waals surface area contributed by atoms with E-state index in [1.165, 1.54) is 37.4 Å². The van der Waals surface area contributed by atoms with Gasteiger partial charge in [-0.25, -0.2) is 0 Å². The summed E-state index contributed by atoms with van der Waals surface area (Å²) in [5.74, 6) is 2.50. The van der Waals surface area contributed by atoms with Crippen LogP contribution in [0.3, 0.4) is 0 Å². The smallest absolute Gasteiger partial charge is 0.233 e. The number of hydrogen-bond acceptors (Lipinski definition) is 4. The maximum Gasteiger partial charge on any atom is 0.233 e. The second-order valence-electron chi connectivity index (χ2n) is 6.95. The highest BCUT2D eigenvalue weighted by Crippen LogP contribution is 2.49. The molecule has 2 fully saturated rings. The second kappa shape index (κ2) is 7.07. The number of carbonyl (C=O) groups excluding carboxylic acids is 1. The molecule has 2 aliphatic rings. The van der Waals surface area contributed by atoms with Crippen molar-refractivity contribution in [3.05, 3.63) is 19.0 Å². The van der Waals surface area contributed by atoms with Crippen molar-refractivity contribution in [2.45, 2.75) is 62.5 Å². The average molecular weight is 334 g/mol. The van der Waals surface area contributed by atoms with Crippen LogP contribution in [0.25, 0.3) is 0 Å². The van der Waals surface area contributed by atoms with Gasteiger partial charge in [-0.3, -0.25) is 4.79 Å². The number of carbonyl (C=O) groups is 1. The molecule has 2 saturated carbocycles. The standard InChI is InChI=1S/C17H26N4OS/c1-4-7-21-10-18-20-17(21)23-12(3)16(22)19-11(2)15-9-13-5-6-14(15)8-13/h4,10-15H,1,5-9H2,2-3H3,(H,19,22)/t11-,12-,13+,14+,15-/m1/s1. The molecule has 0 spiro atoms. The lowest BCUT2D eigenvalue weighted by Crippen LogP contribution is -2.43. The summed E-state index contributed by atoms with van der Waals surface area (Å²) < 4.78 is 1.90. The molecule has 23 heavy (non-hydrogen) atoms. The Hall–Kier alpha value is -1.30. The zero-order valence-electron chi connectivity index (χ0n) is 13.9. The Morgan fingerprint density at radius 1 is 1.52 bits per heavy atom. The van der Waals surface area contributed by atoms with Crippen molar-refractivity contribution < 1.29 is 4.79 Å². The van der Waals surface area contributed by atoms with Crippen LogP contribution in [0.1, 0.15) is 39.5 Å². The van der Waals surface area contributed by atoms with E-state index in [9.17, 15) is 4.79 Å². The molecule has 0 radical (unpaired) electrons. The van der Waals surface area contributed by atoms with Crippen molar-refractivity contribution in [1.82, 2.24) is 20.1 Å². The molecule has 1 aromatic rings. The Morgan fingerprint density at radius 3 is 3.00 bits per heavy atom. The van der Waals surface area contributed by atoms with E-state index in [1.54, 1.807) is 12.4 Å². The fourth-order valence-corrected chi connectivity index (χ4v) is 5.01. The monoisotopic (exact) mass is 334 g/mol. The summed E-state index contributed by atoms with van der Waals surface area (Å²) in [6.45, 7) is 8.48. The van der Waals surface area contributed by atoms with Crippen LogP contribution in [0, 0.1) is 17.8 Å². The lowest BCUT2D eigenvalue weighted by Gasteiger charge is -2.29. The summed E-state index contributed by atoms with van der Waals surface area (Å²) in [4.78, 5) is 12.5. The number of thioether (sulfide) groups is 1. The van der Waals surface area contributed by atoms with Gasteiger partial charge < -0.3 is 9.88 Å². The van der Waals surface area contributed by atoms with Gasteiger partial charge in [0.25, 0.3) is 0 Å². The number of nitrogens with one attached hydrogen (secondary N) is 1. The molecular formula is C17H26N4OS. The van der Waals surface area contributed by atoms with E-state index >= 15 is 0 Å². The third-order valence-corrected chi connectivity index (χ3v) is 6.46. The molecule has 5 nitrogen and oxygen atoms in total. The van der Waals surface area contributed by atoms with Gasteiger partial charge in [-0.05, 0) is 50.9 Å². The summed E-state index contributed by atoms with van der Waals surface area (Å²) in [6, 6.07) is 0.270. The topological polar surface area (TPSA) is 59.8 Å². The molecule has 126 valence electrons. The zero-order chi connectivity index (χ0) is 16.4. The van der Waals surface area contributed by atoms with E-state index in [4.69, 9.17) is 0 Å². The molecule has 1 heterocycles. The third kappa shape index (κ3) is 3.62. The van der Waals surface area contributed by atoms with Gasteiger partial charge in [0.05, 0.1) is 5.25 Å². The van der Waals surface area contributed by atoms with Crippen molar-refractivity contribution >= 4 is 17.7 Å². The normalized spacial score (nSPS) is 28.5. The van der Waals surface area contributed by atoms with Crippen molar-refractivity contribution in [3.8, 4) is 0 Å². The highest BCUT2D eigenvalue weighted by molar-refractivity contribution is 8.00. The number of rotatable bonds is 7. The number of hydrogen-bond donors (Lipinski definition) is 1. The largest absolute Gasteiger partial charge is 0.352 e. The Kier molecular flexibility index (Phi) is 5.09. The molecule has 1 N–H and O–H groups in total. The van der Waals surface area contributed by atoms with Crippen LogP contribution < -0.4 is 5.32 Å². The maximum atomic E-state index is 12.5. The first-order valence-corrected chi connectivity index (χ1v) is 9.42. The summed E-state index contributed by atoms with van der Waals surface area (Å²) in [5, 5.41) is 11.8. The van der Waals surface area contributed by atoms with Crippen molar-refractivity contribution in [2.24, 2.45) is 17.8 Å². The zero-order valence-corrected chi connectivity index (χ0v) is 14.8. The minimum absolute atomic E-state index is 0.0958. The summed E-state index contributed by atoms with van der Waals surface area (Å²) in [7, 11) is 0. The fourth-order valence-electron chi connectivity index (χ4n) is 4.17. The Balaban J connectivity index is 1.53. The average Bonchev–Trinajstić information content (AvgIpc) is 3.24. The first-order valence-electron chi connectivity index (χ1n) is 8.54. The number of allylic oxidation sites excluding steroid dienone is 1. The van der Waals surface area contributed by atoms with Crippen LogP contribution in [-0.2, 0) is 11.3 Å². The van der Waals surface area contributed by atoms with Crippen LogP contribution in [0.5, 0.6) is 0 Å². The molecule has 3 rings (SSSR count). The van der Waals surface area contributed by atoms with Gasteiger partial charge in [-0.15, -0.1) is 16.8 Å². The molecular weight excluding hydrogens is 308 g/mol. The highest BCUT2D eigenvalue weighted by Gasteiger charge is 2.42. The number of aromatic nitrogens is 3. The van der Waals surface area contributed by atoms with E-state index in [0.717, 1.165) is 17.0 Å². The van der Waals surface area contributed by atoms with Crippen molar-refractivity contribution in [3.63, 3.8) is 0 Å². The fraction of sp³-hybridized carbons (Fsp3) is 0.706. The lowest BCUT2D eigenvalue weighted by atomic mass is 9.84. The second-order valence-corrected chi connectivity index (χ2v) is 8.26. The minimum Gasteiger partial charge on any atom is -0.352 e. The Bertz CT molecular complexity index is 573. The molecule has 1 aromatic heterocycles. The van der Waals surface area contributed by atoms with Crippen LogP contribution in [0.2, 0.25) is 0 Å². The van der Waals surface area contributed by atoms with Crippen LogP contribution in [0.15, 0.2) is 24.1 Å². The molecule has 0 aliphatic heterocycles. The Labute approximate surface area is 142 Å². The van der Waals surface area contributed by atoms with Crippen LogP contribution in [-0.4, -0.2) is 32.0 Å². The molecule has 1 amide bonds.